The number of amides is 1. The van der Waals surface area contributed by atoms with E-state index in [1.165, 1.54) is 6.92 Å². The van der Waals surface area contributed by atoms with E-state index in [9.17, 15) is 13.2 Å². The molecule has 0 aliphatic heterocycles. The molecule has 0 saturated carbocycles. The number of nitrogens with one attached hydrogen (secondary N) is 2. The SMILES string of the molecule is CCOc1cc(C)c(S(=O)(=O)NCCNC(C)=O)cc1C. The number of benzene rings is 1. The normalized spacial score (nSPS) is 11.2. The smallest absolute Gasteiger partial charge is 0.240 e. The van der Waals surface area contributed by atoms with Gasteiger partial charge in [-0.2, -0.15) is 0 Å². The third kappa shape index (κ3) is 5.02. The number of rotatable bonds is 7. The Balaban J connectivity index is 2.88. The lowest BCUT2D eigenvalue weighted by Crippen LogP contribution is -2.34. The van der Waals surface area contributed by atoms with Gasteiger partial charge in [-0.25, -0.2) is 13.1 Å². The van der Waals surface area contributed by atoms with Crippen molar-refractivity contribution in [3.63, 3.8) is 0 Å². The summed E-state index contributed by atoms with van der Waals surface area (Å²) in [6.45, 7) is 7.72. The molecule has 0 heterocycles. The van der Waals surface area contributed by atoms with E-state index in [1.54, 1.807) is 26.0 Å². The highest BCUT2D eigenvalue weighted by Gasteiger charge is 2.18. The molecule has 0 saturated heterocycles. The molecule has 1 rings (SSSR count). The minimum Gasteiger partial charge on any atom is -0.494 e. The molecule has 0 unspecified atom stereocenters. The maximum Gasteiger partial charge on any atom is 0.240 e. The van der Waals surface area contributed by atoms with E-state index in [4.69, 9.17) is 4.74 Å². The van der Waals surface area contributed by atoms with E-state index in [2.05, 4.69) is 10.0 Å². The van der Waals surface area contributed by atoms with Crippen LogP contribution in [0.3, 0.4) is 0 Å². The van der Waals surface area contributed by atoms with Crippen LogP contribution >= 0.6 is 0 Å². The summed E-state index contributed by atoms with van der Waals surface area (Å²) in [5.74, 6) is 0.495. The second-order valence-electron chi connectivity index (χ2n) is 4.70. The van der Waals surface area contributed by atoms with Crippen LogP contribution in [-0.4, -0.2) is 34.0 Å². The van der Waals surface area contributed by atoms with E-state index in [0.29, 0.717) is 17.9 Å². The number of sulfonamides is 1. The average molecular weight is 314 g/mol. The van der Waals surface area contributed by atoms with Gasteiger partial charge in [0.05, 0.1) is 11.5 Å². The molecule has 0 aromatic heterocycles. The van der Waals surface area contributed by atoms with Crippen LogP contribution in [0, 0.1) is 13.8 Å². The summed E-state index contributed by atoms with van der Waals surface area (Å²) in [5.41, 5.74) is 1.39. The van der Waals surface area contributed by atoms with Crippen LogP contribution in [-0.2, 0) is 14.8 Å². The average Bonchev–Trinajstić information content (AvgIpc) is 2.38. The molecule has 0 spiro atoms. The Bertz CT molecular complexity index is 612. The van der Waals surface area contributed by atoms with Crippen LogP contribution in [0.5, 0.6) is 5.75 Å². The van der Waals surface area contributed by atoms with E-state index in [1.807, 2.05) is 6.92 Å². The molecule has 1 aromatic rings. The summed E-state index contributed by atoms with van der Waals surface area (Å²) >= 11 is 0. The Morgan fingerprint density at radius 1 is 1.19 bits per heavy atom. The summed E-state index contributed by atoms with van der Waals surface area (Å²) in [6, 6.07) is 3.32. The number of carbonyl (C=O) groups is 1. The monoisotopic (exact) mass is 314 g/mol. The topological polar surface area (TPSA) is 84.5 Å². The van der Waals surface area contributed by atoms with Crippen molar-refractivity contribution in [2.24, 2.45) is 0 Å². The van der Waals surface area contributed by atoms with E-state index >= 15 is 0 Å². The number of carbonyl (C=O) groups excluding carboxylic acids is 1. The van der Waals surface area contributed by atoms with Gasteiger partial charge in [-0.15, -0.1) is 0 Å². The predicted molar refractivity (Wildman–Crippen MR) is 81.0 cm³/mol. The fraction of sp³-hybridized carbons (Fsp3) is 0.500. The van der Waals surface area contributed by atoms with Gasteiger partial charge in [0.25, 0.3) is 0 Å². The molecule has 0 aliphatic carbocycles. The standard InChI is InChI=1S/C14H22N2O4S/c1-5-20-13-8-11(3)14(9-10(13)2)21(18,19)16-7-6-15-12(4)17/h8-9,16H,5-7H2,1-4H3,(H,15,17). The molecule has 0 atom stereocenters. The molecule has 0 fully saturated rings. The molecule has 1 aromatic carbocycles. The summed E-state index contributed by atoms with van der Waals surface area (Å²) in [6.07, 6.45) is 0. The molecule has 0 aliphatic rings. The second kappa shape index (κ2) is 7.42. The van der Waals surface area contributed by atoms with Crippen molar-refractivity contribution in [1.82, 2.24) is 10.0 Å². The number of aryl methyl sites for hydroxylation is 2. The maximum atomic E-state index is 12.3. The van der Waals surface area contributed by atoms with Crippen molar-refractivity contribution in [2.75, 3.05) is 19.7 Å². The third-order valence-electron chi connectivity index (χ3n) is 2.85. The van der Waals surface area contributed by atoms with Gasteiger partial charge >= 0.3 is 0 Å². The zero-order valence-electron chi connectivity index (χ0n) is 12.8. The molecule has 21 heavy (non-hydrogen) atoms. The van der Waals surface area contributed by atoms with Gasteiger partial charge in [0.2, 0.25) is 15.9 Å². The highest BCUT2D eigenvalue weighted by molar-refractivity contribution is 7.89. The van der Waals surface area contributed by atoms with Gasteiger partial charge in [0.15, 0.2) is 0 Å². The second-order valence-corrected chi connectivity index (χ2v) is 6.43. The minimum absolute atomic E-state index is 0.146. The molecule has 2 N–H and O–H groups in total. The minimum atomic E-state index is -3.60. The molecule has 118 valence electrons. The van der Waals surface area contributed by atoms with Crippen molar-refractivity contribution in [3.8, 4) is 5.75 Å². The van der Waals surface area contributed by atoms with Crippen molar-refractivity contribution < 1.29 is 17.9 Å². The van der Waals surface area contributed by atoms with Gasteiger partial charge in [-0.1, -0.05) is 0 Å². The fourth-order valence-corrected chi connectivity index (χ4v) is 3.21. The Hall–Kier alpha value is -1.60. The maximum absolute atomic E-state index is 12.3. The van der Waals surface area contributed by atoms with Crippen molar-refractivity contribution in [3.05, 3.63) is 23.3 Å². The first-order valence-corrected chi connectivity index (χ1v) is 8.24. The highest BCUT2D eigenvalue weighted by atomic mass is 32.2. The van der Waals surface area contributed by atoms with Crippen LogP contribution in [0.4, 0.5) is 0 Å². The first kappa shape index (κ1) is 17.5. The van der Waals surface area contributed by atoms with E-state index in [-0.39, 0.29) is 23.9 Å². The lowest BCUT2D eigenvalue weighted by atomic mass is 10.1. The van der Waals surface area contributed by atoms with Crippen molar-refractivity contribution in [2.45, 2.75) is 32.6 Å². The quantitative estimate of drug-likeness (QED) is 0.739. The summed E-state index contributed by atoms with van der Waals surface area (Å²) in [4.78, 5) is 11.0. The molecular formula is C14H22N2O4S. The summed E-state index contributed by atoms with van der Waals surface area (Å²) in [7, 11) is -3.60. The molecule has 7 heteroatoms. The van der Waals surface area contributed by atoms with E-state index < -0.39 is 10.0 Å². The highest BCUT2D eigenvalue weighted by Crippen LogP contribution is 2.25. The Morgan fingerprint density at radius 3 is 2.43 bits per heavy atom. The van der Waals surface area contributed by atoms with Crippen LogP contribution in [0.2, 0.25) is 0 Å². The van der Waals surface area contributed by atoms with Gasteiger partial charge in [-0.05, 0) is 44.0 Å². The van der Waals surface area contributed by atoms with Gasteiger partial charge in [-0.3, -0.25) is 4.79 Å². The zero-order chi connectivity index (χ0) is 16.0. The lowest BCUT2D eigenvalue weighted by Gasteiger charge is -2.13. The first-order valence-electron chi connectivity index (χ1n) is 6.76. The molecular weight excluding hydrogens is 292 g/mol. The van der Waals surface area contributed by atoms with Crippen molar-refractivity contribution >= 4 is 15.9 Å². The Kier molecular flexibility index (Phi) is 6.17. The largest absolute Gasteiger partial charge is 0.494 e. The number of hydrogen-bond acceptors (Lipinski definition) is 4. The predicted octanol–water partition coefficient (Wildman–Crippen LogP) is 1.12. The zero-order valence-corrected chi connectivity index (χ0v) is 13.6. The van der Waals surface area contributed by atoms with Crippen LogP contribution < -0.4 is 14.8 Å². The summed E-state index contributed by atoms with van der Waals surface area (Å²) in [5, 5.41) is 2.54. The van der Waals surface area contributed by atoms with Gasteiger partial charge < -0.3 is 10.1 Å². The number of ether oxygens (including phenoxy) is 1. The van der Waals surface area contributed by atoms with Crippen LogP contribution in [0.15, 0.2) is 17.0 Å². The van der Waals surface area contributed by atoms with Gasteiger partial charge in [0, 0.05) is 20.0 Å². The molecule has 0 radical (unpaired) electrons. The summed E-state index contributed by atoms with van der Waals surface area (Å²) < 4.78 is 32.4. The first-order chi connectivity index (χ1) is 9.77. The van der Waals surface area contributed by atoms with Gasteiger partial charge in [0.1, 0.15) is 5.75 Å². The molecule has 0 bridgehead atoms. The molecule has 1 amide bonds. The Labute approximate surface area is 125 Å². The van der Waals surface area contributed by atoms with E-state index in [0.717, 1.165) is 5.56 Å². The third-order valence-corrected chi connectivity index (χ3v) is 4.46. The lowest BCUT2D eigenvalue weighted by molar-refractivity contribution is -0.118. The van der Waals surface area contributed by atoms with Crippen LogP contribution in [0.25, 0.3) is 0 Å². The fourth-order valence-electron chi connectivity index (χ4n) is 1.87. The van der Waals surface area contributed by atoms with Crippen LogP contribution in [0.1, 0.15) is 25.0 Å². The number of hydrogen-bond donors (Lipinski definition) is 2. The Morgan fingerprint density at radius 2 is 1.86 bits per heavy atom. The van der Waals surface area contributed by atoms with Crippen molar-refractivity contribution in [1.29, 1.82) is 0 Å². The molecule has 6 nitrogen and oxygen atoms in total.